The third kappa shape index (κ3) is 10.3. The van der Waals surface area contributed by atoms with Gasteiger partial charge in [0, 0.05) is 24.4 Å². The predicted molar refractivity (Wildman–Crippen MR) is 155 cm³/mol. The Bertz CT molecular complexity index is 1280. The first-order valence-electron chi connectivity index (χ1n) is 13.5. The van der Waals surface area contributed by atoms with Gasteiger partial charge in [-0.1, -0.05) is 38.1 Å². The van der Waals surface area contributed by atoms with Gasteiger partial charge in [-0.3, -0.25) is 9.59 Å². The molecule has 1 aromatic heterocycles. The van der Waals surface area contributed by atoms with Crippen molar-refractivity contribution in [2.45, 2.75) is 77.7 Å². The number of carbonyl (C=O) groups is 2. The zero-order valence-electron chi connectivity index (χ0n) is 23.1. The Kier molecular flexibility index (Phi) is 14.1. The van der Waals surface area contributed by atoms with E-state index in [4.69, 9.17) is 9.84 Å². The van der Waals surface area contributed by atoms with Crippen LogP contribution in [0, 0.1) is 5.82 Å². The number of rotatable bonds is 15. The molecule has 2 aromatic carbocycles. The standard InChI is InChI=1S/C30H38FN3O6.Na.H/c1-4-40-18-21-7-5-6-20(14-21)17-32-30(39)29-28(19(2)3)26(13-12-24(35)15-25(36)16-27(37)38)34(33-29)23-10-8-22(31)9-11-23;;/h5-11,14,19,24-25,35-36H,4,12-13,15-18H2,1-3H3,(H,32,39)(H,37,38);;/t24-,25-;;/m1../s1. The predicted octanol–water partition coefficient (Wildman–Crippen LogP) is 3.47. The van der Waals surface area contributed by atoms with Crippen LogP contribution in [0.2, 0.25) is 0 Å². The zero-order chi connectivity index (χ0) is 29.2. The maximum absolute atomic E-state index is 13.7. The summed E-state index contributed by atoms with van der Waals surface area (Å²) in [7, 11) is 0. The molecular weight excluding hydrogens is 540 g/mol. The topological polar surface area (TPSA) is 134 Å². The van der Waals surface area contributed by atoms with E-state index in [1.807, 2.05) is 45.0 Å². The van der Waals surface area contributed by atoms with E-state index < -0.39 is 30.4 Å². The number of aliphatic hydroxyl groups is 2. The molecule has 1 heterocycles. The van der Waals surface area contributed by atoms with Crippen LogP contribution < -0.4 is 5.32 Å². The molecule has 0 aliphatic rings. The number of nitrogens with zero attached hydrogens (tertiary/aromatic N) is 2. The molecule has 4 N–H and O–H groups in total. The Balaban J connectivity index is 0.00000588. The van der Waals surface area contributed by atoms with Crippen molar-refractivity contribution in [2.24, 2.45) is 0 Å². The van der Waals surface area contributed by atoms with Gasteiger partial charge in [-0.05, 0) is 67.5 Å². The summed E-state index contributed by atoms with van der Waals surface area (Å²) in [6.07, 6.45) is -2.19. The van der Waals surface area contributed by atoms with E-state index >= 15 is 0 Å². The molecule has 0 spiro atoms. The van der Waals surface area contributed by atoms with E-state index in [1.165, 1.54) is 12.1 Å². The summed E-state index contributed by atoms with van der Waals surface area (Å²) in [5.74, 6) is -2.02. The van der Waals surface area contributed by atoms with Gasteiger partial charge in [-0.2, -0.15) is 5.10 Å². The Morgan fingerprint density at radius 1 is 1.07 bits per heavy atom. The van der Waals surface area contributed by atoms with Crippen molar-refractivity contribution in [1.82, 2.24) is 15.1 Å². The van der Waals surface area contributed by atoms with Gasteiger partial charge in [0.25, 0.3) is 5.91 Å². The van der Waals surface area contributed by atoms with Crippen LogP contribution in [0.15, 0.2) is 48.5 Å². The molecule has 41 heavy (non-hydrogen) atoms. The Morgan fingerprint density at radius 2 is 1.76 bits per heavy atom. The van der Waals surface area contributed by atoms with Crippen molar-refractivity contribution in [2.75, 3.05) is 6.61 Å². The van der Waals surface area contributed by atoms with E-state index in [9.17, 15) is 24.2 Å². The van der Waals surface area contributed by atoms with Crippen LogP contribution >= 0.6 is 0 Å². The number of halogens is 1. The molecular formula is C30H39FN3NaO6. The van der Waals surface area contributed by atoms with Gasteiger partial charge in [0.2, 0.25) is 0 Å². The molecule has 3 rings (SSSR count). The molecule has 0 unspecified atom stereocenters. The third-order valence-corrected chi connectivity index (χ3v) is 6.47. The van der Waals surface area contributed by atoms with E-state index in [2.05, 4.69) is 10.4 Å². The van der Waals surface area contributed by atoms with Gasteiger partial charge in [0.15, 0.2) is 5.69 Å². The summed E-state index contributed by atoms with van der Waals surface area (Å²) in [5, 5.41) is 36.9. The minimum atomic E-state index is -1.17. The van der Waals surface area contributed by atoms with Crippen LogP contribution in [0.4, 0.5) is 4.39 Å². The average molecular weight is 580 g/mol. The molecule has 3 aromatic rings. The van der Waals surface area contributed by atoms with Crippen molar-refractivity contribution in [3.8, 4) is 5.69 Å². The summed E-state index contributed by atoms with van der Waals surface area (Å²) in [4.78, 5) is 24.3. The second-order valence-corrected chi connectivity index (χ2v) is 10.1. The van der Waals surface area contributed by atoms with Crippen molar-refractivity contribution >= 4 is 41.4 Å². The van der Waals surface area contributed by atoms with Crippen molar-refractivity contribution in [3.05, 3.63) is 82.4 Å². The SMILES string of the molecule is CCOCc1cccc(CNC(=O)c2nn(-c3ccc(F)cc3)c(CC[C@@H](O)C[C@@H](O)CC(=O)O)c2C(C)C)c1.[NaH]. The van der Waals surface area contributed by atoms with Gasteiger partial charge < -0.3 is 25.4 Å². The molecule has 1 amide bonds. The van der Waals surface area contributed by atoms with E-state index in [0.29, 0.717) is 36.6 Å². The summed E-state index contributed by atoms with van der Waals surface area (Å²) < 4.78 is 20.7. The molecule has 0 aliphatic carbocycles. The Hall–Kier alpha value is -2.60. The van der Waals surface area contributed by atoms with Crippen LogP contribution in [-0.2, 0) is 29.1 Å². The number of hydrogen-bond acceptors (Lipinski definition) is 6. The fraction of sp³-hybridized carbons (Fsp3) is 0.433. The van der Waals surface area contributed by atoms with E-state index in [-0.39, 0.29) is 66.5 Å². The first kappa shape index (κ1) is 34.6. The number of carboxylic acid groups (broad SMARTS) is 1. The van der Waals surface area contributed by atoms with Gasteiger partial charge in [0.05, 0.1) is 30.9 Å². The van der Waals surface area contributed by atoms with Gasteiger partial charge in [-0.15, -0.1) is 0 Å². The molecule has 0 fully saturated rings. The summed E-state index contributed by atoms with van der Waals surface area (Å²) >= 11 is 0. The minimum absolute atomic E-state index is 0. The molecule has 218 valence electrons. The van der Waals surface area contributed by atoms with Gasteiger partial charge >= 0.3 is 35.5 Å². The zero-order valence-corrected chi connectivity index (χ0v) is 23.1. The molecule has 0 radical (unpaired) electrons. The molecule has 0 saturated carbocycles. The quantitative estimate of drug-likeness (QED) is 0.203. The number of benzene rings is 2. The van der Waals surface area contributed by atoms with Crippen molar-refractivity contribution < 1.29 is 34.0 Å². The summed E-state index contributed by atoms with van der Waals surface area (Å²) in [6.45, 7) is 7.19. The number of amides is 1. The molecule has 2 atom stereocenters. The number of aliphatic hydroxyl groups excluding tert-OH is 2. The summed E-state index contributed by atoms with van der Waals surface area (Å²) in [5.41, 5.74) is 4.09. The Morgan fingerprint density at radius 3 is 2.39 bits per heavy atom. The monoisotopic (exact) mass is 579 g/mol. The second kappa shape index (κ2) is 16.7. The fourth-order valence-corrected chi connectivity index (χ4v) is 4.61. The fourth-order valence-electron chi connectivity index (χ4n) is 4.61. The number of aromatic nitrogens is 2. The molecule has 0 aliphatic heterocycles. The van der Waals surface area contributed by atoms with E-state index in [1.54, 1.807) is 16.8 Å². The normalized spacial score (nSPS) is 12.6. The molecule has 11 heteroatoms. The molecule has 0 bridgehead atoms. The molecule has 0 saturated heterocycles. The number of ether oxygens (including phenoxy) is 1. The molecule has 9 nitrogen and oxygen atoms in total. The van der Waals surface area contributed by atoms with Crippen LogP contribution in [-0.4, -0.2) is 85.3 Å². The van der Waals surface area contributed by atoms with Gasteiger partial charge in [0.1, 0.15) is 5.82 Å². The van der Waals surface area contributed by atoms with Crippen molar-refractivity contribution in [1.29, 1.82) is 0 Å². The first-order valence-corrected chi connectivity index (χ1v) is 13.5. The summed E-state index contributed by atoms with van der Waals surface area (Å²) in [6, 6.07) is 13.5. The van der Waals surface area contributed by atoms with Gasteiger partial charge in [-0.25, -0.2) is 9.07 Å². The number of aliphatic carboxylic acids is 1. The van der Waals surface area contributed by atoms with Crippen molar-refractivity contribution in [3.63, 3.8) is 0 Å². The number of carbonyl (C=O) groups excluding carboxylic acids is 1. The van der Waals surface area contributed by atoms with E-state index in [0.717, 1.165) is 11.1 Å². The van der Waals surface area contributed by atoms with Crippen LogP contribution in [0.5, 0.6) is 0 Å². The number of carboxylic acids is 1. The number of hydrogen-bond donors (Lipinski definition) is 4. The maximum atomic E-state index is 13.7. The van der Waals surface area contributed by atoms with Crippen LogP contribution in [0.3, 0.4) is 0 Å². The van der Waals surface area contributed by atoms with Crippen LogP contribution in [0.1, 0.15) is 78.8 Å². The Labute approximate surface area is 262 Å². The second-order valence-electron chi connectivity index (χ2n) is 10.1. The first-order chi connectivity index (χ1) is 19.1. The third-order valence-electron chi connectivity index (χ3n) is 6.47. The number of nitrogens with one attached hydrogen (secondary N) is 1. The van der Waals surface area contributed by atoms with Crippen LogP contribution in [0.25, 0.3) is 5.69 Å². The average Bonchev–Trinajstić information content (AvgIpc) is 3.29.